The molecule has 3 N–H and O–H groups in total. The van der Waals surface area contributed by atoms with Crippen LogP contribution in [0.5, 0.6) is 0 Å². The lowest BCUT2D eigenvalue weighted by atomic mass is 10.0. The van der Waals surface area contributed by atoms with Crippen LogP contribution in [0.25, 0.3) is 0 Å². The minimum absolute atomic E-state index is 0.136. The van der Waals surface area contributed by atoms with Crippen LogP contribution in [0.2, 0.25) is 0 Å². The third kappa shape index (κ3) is 10.00. The van der Waals surface area contributed by atoms with Crippen LogP contribution in [-0.2, 0) is 9.53 Å². The topological polar surface area (TPSA) is 137 Å². The molecule has 1 aliphatic rings. The van der Waals surface area contributed by atoms with E-state index in [4.69, 9.17) is 4.74 Å². The molecule has 0 aliphatic carbocycles. The van der Waals surface area contributed by atoms with E-state index in [1.807, 2.05) is 6.07 Å². The fourth-order valence-corrected chi connectivity index (χ4v) is 4.64. The third-order valence-corrected chi connectivity index (χ3v) is 6.83. The molecule has 2 heterocycles. The van der Waals surface area contributed by atoms with Gasteiger partial charge in [-0.2, -0.15) is 10.2 Å². The number of anilines is 1. The first-order chi connectivity index (χ1) is 17.5. The molecule has 1 saturated heterocycles. The van der Waals surface area contributed by atoms with Crippen molar-refractivity contribution in [3.05, 3.63) is 22.7 Å². The highest BCUT2D eigenvalue weighted by atomic mass is 16.5. The summed E-state index contributed by atoms with van der Waals surface area (Å²) in [6, 6.07) is 3.38. The number of aromatic nitrogens is 2. The van der Waals surface area contributed by atoms with Crippen molar-refractivity contribution < 1.29 is 19.7 Å². The second-order valence-electron chi connectivity index (χ2n) is 9.79. The maximum absolute atomic E-state index is 12.4. The maximum atomic E-state index is 12.4. The first-order valence-corrected chi connectivity index (χ1v) is 13.7. The van der Waals surface area contributed by atoms with Gasteiger partial charge in [-0.1, -0.05) is 90.4 Å². The predicted octanol–water partition coefficient (Wildman–Crippen LogP) is 4.44. The summed E-state index contributed by atoms with van der Waals surface area (Å²) in [5, 5.41) is 31.3. The summed E-state index contributed by atoms with van der Waals surface area (Å²) >= 11 is 0. The Balaban J connectivity index is 1.58. The molecule has 4 atom stereocenters. The molecule has 0 radical (unpaired) electrons. The number of unbranched alkanes of at least 4 members (excludes halogenated alkanes) is 13. The normalized spacial score (nSPS) is 21.4. The summed E-state index contributed by atoms with van der Waals surface area (Å²) in [5.74, 6) is -1.07. The zero-order valence-electron chi connectivity index (χ0n) is 21.7. The molecule has 36 heavy (non-hydrogen) atoms. The first kappa shape index (κ1) is 29.9. The molecule has 1 fully saturated rings. The standard InChI is InChI=1S/C27H44N4O5/c1-2-3-4-5-6-7-8-9-10-11-12-13-14-15-16-24(33)29-23-17-18-31(27(35)30-23)26-21(19-28)25(34)22(20-32)36-26/h17-18,21-22,25-26,32,34H,2-16,20H2,1H3,(H,29,30,33,35)/t21?,22-,25?,26-/m1/s1. The van der Waals surface area contributed by atoms with Crippen LogP contribution < -0.4 is 11.0 Å². The Morgan fingerprint density at radius 3 is 2.11 bits per heavy atom. The monoisotopic (exact) mass is 504 g/mol. The Kier molecular flexibility index (Phi) is 14.3. The molecule has 202 valence electrons. The molecule has 1 aromatic rings. The molecule has 9 nitrogen and oxygen atoms in total. The van der Waals surface area contributed by atoms with Gasteiger partial charge < -0.3 is 20.3 Å². The Morgan fingerprint density at radius 2 is 1.61 bits per heavy atom. The van der Waals surface area contributed by atoms with E-state index in [9.17, 15) is 25.1 Å². The number of nitrogens with one attached hydrogen (secondary N) is 1. The molecule has 2 rings (SSSR count). The fraction of sp³-hybridized carbons (Fsp3) is 0.778. The number of hydrogen-bond donors (Lipinski definition) is 3. The van der Waals surface area contributed by atoms with Crippen molar-refractivity contribution in [1.82, 2.24) is 9.55 Å². The van der Waals surface area contributed by atoms with E-state index in [-0.39, 0.29) is 11.7 Å². The number of carbonyl (C=O) groups is 1. The number of nitriles is 1. The summed E-state index contributed by atoms with van der Waals surface area (Å²) < 4.78 is 6.55. The quantitative estimate of drug-likeness (QED) is 0.251. The van der Waals surface area contributed by atoms with Crippen LogP contribution in [0.1, 0.15) is 109 Å². The van der Waals surface area contributed by atoms with Gasteiger partial charge in [0.05, 0.1) is 12.7 Å². The molecule has 2 unspecified atom stereocenters. The van der Waals surface area contributed by atoms with Crippen molar-refractivity contribution in [3.8, 4) is 6.07 Å². The first-order valence-electron chi connectivity index (χ1n) is 13.7. The molecule has 0 aromatic carbocycles. The van der Waals surface area contributed by atoms with Gasteiger partial charge in [0.1, 0.15) is 23.9 Å². The summed E-state index contributed by atoms with van der Waals surface area (Å²) in [5.41, 5.74) is -0.708. The van der Waals surface area contributed by atoms with Gasteiger partial charge in [0.2, 0.25) is 5.91 Å². The smallest absolute Gasteiger partial charge is 0.351 e. The van der Waals surface area contributed by atoms with Gasteiger partial charge in [-0.15, -0.1) is 0 Å². The molecule has 1 amide bonds. The Morgan fingerprint density at radius 1 is 1.06 bits per heavy atom. The second-order valence-corrected chi connectivity index (χ2v) is 9.79. The van der Waals surface area contributed by atoms with Gasteiger partial charge in [0.25, 0.3) is 0 Å². The molecule has 0 spiro atoms. The minimum atomic E-state index is -1.21. The Bertz CT molecular complexity index is 868. The van der Waals surface area contributed by atoms with Crippen LogP contribution >= 0.6 is 0 Å². The van der Waals surface area contributed by atoms with E-state index in [0.29, 0.717) is 6.42 Å². The molecular weight excluding hydrogens is 460 g/mol. The second kappa shape index (κ2) is 17.2. The number of rotatable bonds is 18. The molecule has 9 heteroatoms. The summed E-state index contributed by atoms with van der Waals surface area (Å²) in [7, 11) is 0. The number of carbonyl (C=O) groups excluding carboxylic acids is 1. The van der Waals surface area contributed by atoms with E-state index >= 15 is 0 Å². The summed E-state index contributed by atoms with van der Waals surface area (Å²) in [6.45, 7) is 1.78. The van der Waals surface area contributed by atoms with E-state index in [1.165, 1.54) is 82.9 Å². The molecule has 1 aromatic heterocycles. The van der Waals surface area contributed by atoms with Crippen LogP contribution in [0, 0.1) is 17.2 Å². The number of nitrogens with zero attached hydrogens (tertiary/aromatic N) is 3. The maximum Gasteiger partial charge on any atom is 0.351 e. The van der Waals surface area contributed by atoms with Crippen molar-refractivity contribution in [1.29, 1.82) is 5.26 Å². The average molecular weight is 505 g/mol. The highest BCUT2D eigenvalue weighted by Gasteiger charge is 2.45. The lowest BCUT2D eigenvalue weighted by Crippen LogP contribution is -2.32. The molecular formula is C27H44N4O5. The SMILES string of the molecule is CCCCCCCCCCCCCCCCC(=O)Nc1ccn([C@@H]2O[C@H](CO)C(O)C2C#N)c(=O)n1. The van der Waals surface area contributed by atoms with Crippen molar-refractivity contribution in [2.75, 3.05) is 11.9 Å². The summed E-state index contributed by atoms with van der Waals surface area (Å²) in [6.07, 6.45) is 16.1. The van der Waals surface area contributed by atoms with E-state index < -0.39 is 36.7 Å². The highest BCUT2D eigenvalue weighted by molar-refractivity contribution is 5.89. The van der Waals surface area contributed by atoms with E-state index in [0.717, 1.165) is 23.8 Å². The van der Waals surface area contributed by atoms with Crippen LogP contribution in [0.3, 0.4) is 0 Å². The van der Waals surface area contributed by atoms with Gasteiger partial charge in [-0.25, -0.2) is 4.79 Å². The van der Waals surface area contributed by atoms with Crippen LogP contribution in [0.15, 0.2) is 17.1 Å². The van der Waals surface area contributed by atoms with Gasteiger partial charge in [0.15, 0.2) is 6.23 Å². The average Bonchev–Trinajstić information content (AvgIpc) is 3.19. The van der Waals surface area contributed by atoms with Gasteiger partial charge in [-0.05, 0) is 12.5 Å². The van der Waals surface area contributed by atoms with E-state index in [2.05, 4.69) is 17.2 Å². The Hall–Kier alpha value is -2.28. The Labute approximate surface area is 214 Å². The lowest BCUT2D eigenvalue weighted by Gasteiger charge is -2.16. The number of aliphatic hydroxyl groups excluding tert-OH is 2. The van der Waals surface area contributed by atoms with Gasteiger partial charge >= 0.3 is 5.69 Å². The molecule has 1 aliphatic heterocycles. The van der Waals surface area contributed by atoms with E-state index in [1.54, 1.807) is 0 Å². The zero-order valence-corrected chi connectivity index (χ0v) is 21.7. The lowest BCUT2D eigenvalue weighted by molar-refractivity contribution is -0.116. The van der Waals surface area contributed by atoms with Crippen molar-refractivity contribution in [3.63, 3.8) is 0 Å². The predicted molar refractivity (Wildman–Crippen MR) is 138 cm³/mol. The van der Waals surface area contributed by atoms with Gasteiger partial charge in [0, 0.05) is 12.6 Å². The minimum Gasteiger partial charge on any atom is -0.394 e. The molecule has 0 bridgehead atoms. The van der Waals surface area contributed by atoms with Crippen molar-refractivity contribution in [2.24, 2.45) is 5.92 Å². The third-order valence-electron chi connectivity index (χ3n) is 6.83. The number of ether oxygens (including phenoxy) is 1. The number of hydrogen-bond acceptors (Lipinski definition) is 7. The van der Waals surface area contributed by atoms with Gasteiger partial charge in [-0.3, -0.25) is 9.36 Å². The van der Waals surface area contributed by atoms with Crippen molar-refractivity contribution >= 4 is 11.7 Å². The number of amides is 1. The fourth-order valence-electron chi connectivity index (χ4n) is 4.64. The van der Waals surface area contributed by atoms with Crippen LogP contribution in [-0.4, -0.2) is 44.5 Å². The van der Waals surface area contributed by atoms with Crippen LogP contribution in [0.4, 0.5) is 5.82 Å². The number of aliphatic hydroxyl groups is 2. The highest BCUT2D eigenvalue weighted by Crippen LogP contribution is 2.33. The van der Waals surface area contributed by atoms with Crippen molar-refractivity contribution in [2.45, 2.75) is 122 Å². The zero-order chi connectivity index (χ0) is 26.2. The molecule has 0 saturated carbocycles. The summed E-state index contributed by atoms with van der Waals surface area (Å²) in [4.78, 5) is 28.5. The largest absolute Gasteiger partial charge is 0.394 e.